The van der Waals surface area contributed by atoms with Gasteiger partial charge in [-0.1, -0.05) is 23.7 Å². The number of carbonyl (C=O) groups is 1. The van der Waals surface area contributed by atoms with Gasteiger partial charge < -0.3 is 10.6 Å². The second kappa shape index (κ2) is 6.59. The minimum atomic E-state index is -0.105. The van der Waals surface area contributed by atoms with Gasteiger partial charge in [0.25, 0.3) is 0 Å². The van der Waals surface area contributed by atoms with Crippen molar-refractivity contribution < 1.29 is 4.79 Å². The largest absolute Gasteiger partial charge is 0.343 e. The molecule has 0 aromatic heterocycles. The molecule has 1 unspecified atom stereocenters. The smallest absolute Gasteiger partial charge is 0.226 e. The highest BCUT2D eigenvalue weighted by Gasteiger charge is 2.41. The van der Waals surface area contributed by atoms with Gasteiger partial charge in [-0.05, 0) is 50.3 Å². The van der Waals surface area contributed by atoms with E-state index in [-0.39, 0.29) is 23.8 Å². The van der Waals surface area contributed by atoms with E-state index in [0.29, 0.717) is 5.02 Å². The lowest BCUT2D eigenvalue weighted by molar-refractivity contribution is -0.141. The summed E-state index contributed by atoms with van der Waals surface area (Å²) in [6.45, 7) is 5.58. The highest BCUT2D eigenvalue weighted by Crippen LogP contribution is 2.43. The molecule has 2 N–H and O–H groups in total. The van der Waals surface area contributed by atoms with Crippen LogP contribution in [-0.4, -0.2) is 23.9 Å². The second-order valence-corrected chi connectivity index (χ2v) is 5.88. The molecule has 0 saturated heterocycles. The van der Waals surface area contributed by atoms with Crippen molar-refractivity contribution in [2.75, 3.05) is 13.1 Å². The van der Waals surface area contributed by atoms with E-state index < -0.39 is 0 Å². The Kier molecular flexibility index (Phi) is 5.06. The molecule has 2 rings (SSSR count). The summed E-state index contributed by atoms with van der Waals surface area (Å²) in [5, 5.41) is 0.698. The SMILES string of the molecule is CCN(CC)C(=O)[C@@H]1CC[C@@H]1C(N)c1cccc(Cl)c1. The van der Waals surface area contributed by atoms with E-state index in [1.807, 2.05) is 43.0 Å². The summed E-state index contributed by atoms with van der Waals surface area (Å²) in [6, 6.07) is 7.55. The van der Waals surface area contributed by atoms with Crippen molar-refractivity contribution in [2.45, 2.75) is 32.7 Å². The molecule has 4 heteroatoms. The number of nitrogens with two attached hydrogens (primary N) is 1. The maximum atomic E-state index is 12.4. The van der Waals surface area contributed by atoms with E-state index in [1.165, 1.54) is 0 Å². The lowest BCUT2D eigenvalue weighted by atomic mass is 9.67. The summed E-state index contributed by atoms with van der Waals surface area (Å²) in [5.74, 6) is 0.564. The van der Waals surface area contributed by atoms with E-state index in [4.69, 9.17) is 17.3 Å². The lowest BCUT2D eigenvalue weighted by Gasteiger charge is -2.41. The molecule has 1 aromatic carbocycles. The van der Waals surface area contributed by atoms with Gasteiger partial charge in [0.2, 0.25) is 5.91 Å². The Labute approximate surface area is 126 Å². The molecule has 110 valence electrons. The third-order valence-corrected chi connectivity index (χ3v) is 4.65. The van der Waals surface area contributed by atoms with Crippen LogP contribution in [0, 0.1) is 11.8 Å². The maximum absolute atomic E-state index is 12.4. The van der Waals surface area contributed by atoms with E-state index in [2.05, 4.69) is 0 Å². The first-order valence-corrected chi connectivity index (χ1v) is 7.76. The van der Waals surface area contributed by atoms with Crippen LogP contribution in [0.2, 0.25) is 5.02 Å². The third kappa shape index (κ3) is 2.99. The summed E-state index contributed by atoms with van der Waals surface area (Å²) < 4.78 is 0. The molecule has 1 saturated carbocycles. The molecule has 1 aliphatic carbocycles. The molecule has 1 fully saturated rings. The van der Waals surface area contributed by atoms with E-state index in [1.54, 1.807) is 0 Å². The van der Waals surface area contributed by atoms with Crippen molar-refractivity contribution in [3.05, 3.63) is 34.9 Å². The average molecular weight is 295 g/mol. The van der Waals surface area contributed by atoms with Gasteiger partial charge in [-0.25, -0.2) is 0 Å². The van der Waals surface area contributed by atoms with Crippen LogP contribution in [0.25, 0.3) is 0 Å². The lowest BCUT2D eigenvalue weighted by Crippen LogP contribution is -2.46. The number of hydrogen-bond acceptors (Lipinski definition) is 2. The molecule has 0 bridgehead atoms. The Morgan fingerprint density at radius 1 is 1.40 bits per heavy atom. The molecule has 3 atom stereocenters. The fourth-order valence-corrected chi connectivity index (χ4v) is 3.19. The normalized spacial score (nSPS) is 23.0. The molecular weight excluding hydrogens is 272 g/mol. The fraction of sp³-hybridized carbons (Fsp3) is 0.562. The Balaban J connectivity index is 2.08. The van der Waals surface area contributed by atoms with Gasteiger partial charge in [0, 0.05) is 30.1 Å². The Hall–Kier alpha value is -1.06. The first-order chi connectivity index (χ1) is 9.58. The number of halogens is 1. The van der Waals surface area contributed by atoms with E-state index in [9.17, 15) is 4.79 Å². The van der Waals surface area contributed by atoms with Crippen molar-refractivity contribution in [1.29, 1.82) is 0 Å². The van der Waals surface area contributed by atoms with Crippen molar-refractivity contribution in [2.24, 2.45) is 17.6 Å². The zero-order valence-corrected chi connectivity index (χ0v) is 12.9. The van der Waals surface area contributed by atoms with Gasteiger partial charge in [-0.2, -0.15) is 0 Å². The molecule has 1 aliphatic rings. The fourth-order valence-electron chi connectivity index (χ4n) is 2.99. The summed E-state index contributed by atoms with van der Waals surface area (Å²) in [5.41, 5.74) is 7.38. The van der Waals surface area contributed by atoms with Crippen LogP contribution in [0.15, 0.2) is 24.3 Å². The zero-order chi connectivity index (χ0) is 14.7. The van der Waals surface area contributed by atoms with Gasteiger partial charge in [0.1, 0.15) is 0 Å². The standard InChI is InChI=1S/C16H23ClN2O/c1-3-19(4-2)16(20)14-9-8-13(14)15(18)11-6-5-7-12(17)10-11/h5-7,10,13-15H,3-4,8-9,18H2,1-2H3/t13-,14+,15?/m0/s1. The number of carbonyl (C=O) groups excluding carboxylic acids is 1. The quantitative estimate of drug-likeness (QED) is 0.906. The first kappa shape index (κ1) is 15.3. The first-order valence-electron chi connectivity index (χ1n) is 7.38. The zero-order valence-electron chi connectivity index (χ0n) is 12.2. The highest BCUT2D eigenvalue weighted by atomic mass is 35.5. The minimum absolute atomic E-state index is 0.0730. The number of benzene rings is 1. The summed E-state index contributed by atoms with van der Waals surface area (Å²) in [4.78, 5) is 14.3. The van der Waals surface area contributed by atoms with Crippen molar-refractivity contribution in [3.63, 3.8) is 0 Å². The molecule has 1 aromatic rings. The van der Waals surface area contributed by atoms with Crippen LogP contribution >= 0.6 is 11.6 Å². The topological polar surface area (TPSA) is 46.3 Å². The molecule has 0 radical (unpaired) electrons. The Bertz CT molecular complexity index is 473. The predicted octanol–water partition coefficient (Wildman–Crippen LogP) is 3.23. The second-order valence-electron chi connectivity index (χ2n) is 5.44. The Morgan fingerprint density at radius 3 is 2.60 bits per heavy atom. The van der Waals surface area contributed by atoms with E-state index >= 15 is 0 Å². The molecular formula is C16H23ClN2O. The minimum Gasteiger partial charge on any atom is -0.343 e. The number of amides is 1. The third-order valence-electron chi connectivity index (χ3n) is 4.41. The van der Waals surface area contributed by atoms with Crippen molar-refractivity contribution in [1.82, 2.24) is 4.90 Å². The molecule has 1 amide bonds. The number of rotatable bonds is 5. The average Bonchev–Trinajstić information content (AvgIpc) is 2.38. The monoisotopic (exact) mass is 294 g/mol. The van der Waals surface area contributed by atoms with Crippen molar-refractivity contribution in [3.8, 4) is 0 Å². The van der Waals surface area contributed by atoms with Crippen LogP contribution in [0.3, 0.4) is 0 Å². The predicted molar refractivity (Wildman–Crippen MR) is 82.5 cm³/mol. The molecule has 0 spiro atoms. The van der Waals surface area contributed by atoms with Gasteiger partial charge in [-0.3, -0.25) is 4.79 Å². The van der Waals surface area contributed by atoms with Crippen LogP contribution in [-0.2, 0) is 4.79 Å². The summed E-state index contributed by atoms with van der Waals surface area (Å²) >= 11 is 6.02. The molecule has 3 nitrogen and oxygen atoms in total. The van der Waals surface area contributed by atoms with Crippen LogP contribution < -0.4 is 5.73 Å². The van der Waals surface area contributed by atoms with Gasteiger partial charge in [-0.15, -0.1) is 0 Å². The number of hydrogen-bond donors (Lipinski definition) is 1. The summed E-state index contributed by atoms with van der Waals surface area (Å²) in [6.07, 6.45) is 1.97. The number of nitrogens with zero attached hydrogens (tertiary/aromatic N) is 1. The van der Waals surface area contributed by atoms with E-state index in [0.717, 1.165) is 31.5 Å². The van der Waals surface area contributed by atoms with Crippen LogP contribution in [0.4, 0.5) is 0 Å². The molecule has 0 aliphatic heterocycles. The Morgan fingerprint density at radius 2 is 2.10 bits per heavy atom. The van der Waals surface area contributed by atoms with Gasteiger partial charge >= 0.3 is 0 Å². The maximum Gasteiger partial charge on any atom is 0.226 e. The van der Waals surface area contributed by atoms with Gasteiger partial charge in [0.05, 0.1) is 0 Å². The van der Waals surface area contributed by atoms with Gasteiger partial charge in [0.15, 0.2) is 0 Å². The van der Waals surface area contributed by atoms with Crippen LogP contribution in [0.1, 0.15) is 38.3 Å². The van der Waals surface area contributed by atoms with Crippen LogP contribution in [0.5, 0.6) is 0 Å². The van der Waals surface area contributed by atoms with Crippen molar-refractivity contribution >= 4 is 17.5 Å². The molecule has 0 heterocycles. The highest BCUT2D eigenvalue weighted by molar-refractivity contribution is 6.30. The summed E-state index contributed by atoms with van der Waals surface area (Å²) in [7, 11) is 0. The molecule has 20 heavy (non-hydrogen) atoms.